The van der Waals surface area contributed by atoms with Gasteiger partial charge in [-0.05, 0) is 45.0 Å². The van der Waals surface area contributed by atoms with Gasteiger partial charge in [-0.2, -0.15) is 0 Å². The van der Waals surface area contributed by atoms with Crippen LogP contribution >= 0.6 is 0 Å². The van der Waals surface area contributed by atoms with Crippen LogP contribution in [0, 0.1) is 6.92 Å². The third-order valence-electron chi connectivity index (χ3n) is 3.69. The van der Waals surface area contributed by atoms with Crippen LogP contribution in [0.3, 0.4) is 0 Å². The monoisotopic (exact) mass is 247 g/mol. The Hall–Kier alpha value is -1.42. The van der Waals surface area contributed by atoms with E-state index < -0.39 is 0 Å². The Labute approximate surface area is 109 Å². The second kappa shape index (κ2) is 5.48. The zero-order valence-electron chi connectivity index (χ0n) is 11.4. The first-order valence-electron chi connectivity index (χ1n) is 6.45. The molecule has 0 N–H and O–H groups in total. The summed E-state index contributed by atoms with van der Waals surface area (Å²) in [6.07, 6.45) is 4.94. The summed E-state index contributed by atoms with van der Waals surface area (Å²) < 4.78 is 0. The third kappa shape index (κ3) is 2.70. The Kier molecular flexibility index (Phi) is 3.97. The predicted octanol–water partition coefficient (Wildman–Crippen LogP) is 1.73. The van der Waals surface area contributed by atoms with Gasteiger partial charge in [0.15, 0.2) is 6.29 Å². The molecule has 18 heavy (non-hydrogen) atoms. The Morgan fingerprint density at radius 3 is 2.94 bits per heavy atom. The highest BCUT2D eigenvalue weighted by atomic mass is 16.1. The van der Waals surface area contributed by atoms with Crippen molar-refractivity contribution in [1.29, 1.82) is 0 Å². The molecule has 0 bridgehead atoms. The van der Waals surface area contributed by atoms with Crippen molar-refractivity contribution >= 4 is 12.1 Å². The van der Waals surface area contributed by atoms with E-state index in [-0.39, 0.29) is 0 Å². The summed E-state index contributed by atoms with van der Waals surface area (Å²) in [5, 5.41) is 0. The van der Waals surface area contributed by atoms with Crippen molar-refractivity contribution in [3.8, 4) is 0 Å². The molecule has 2 heterocycles. The predicted molar refractivity (Wildman–Crippen MR) is 73.3 cm³/mol. The van der Waals surface area contributed by atoms with Crippen LogP contribution in [-0.2, 0) is 0 Å². The molecule has 2 rings (SSSR count). The molecule has 4 nitrogen and oxygen atoms in total. The molecule has 0 saturated carbocycles. The molecule has 1 saturated heterocycles. The van der Waals surface area contributed by atoms with Crippen LogP contribution in [0.2, 0.25) is 0 Å². The maximum absolute atomic E-state index is 10.7. The number of likely N-dealkylation sites (tertiary alicyclic amines) is 1. The number of aromatic nitrogens is 1. The first kappa shape index (κ1) is 13.0. The van der Waals surface area contributed by atoms with Gasteiger partial charge in [-0.1, -0.05) is 0 Å². The van der Waals surface area contributed by atoms with E-state index in [0.717, 1.165) is 24.2 Å². The number of pyridine rings is 1. The summed E-state index contributed by atoms with van der Waals surface area (Å²) in [6.45, 7) is 4.27. The Morgan fingerprint density at radius 2 is 2.33 bits per heavy atom. The van der Waals surface area contributed by atoms with Crippen molar-refractivity contribution in [2.24, 2.45) is 0 Å². The van der Waals surface area contributed by atoms with Crippen LogP contribution in [0.1, 0.15) is 28.8 Å². The van der Waals surface area contributed by atoms with Crippen molar-refractivity contribution in [3.63, 3.8) is 0 Å². The SMILES string of the molecule is Cc1cc(C=O)cnc1N(C)C1CCCN(C)C1. The Balaban J connectivity index is 2.17. The molecular formula is C14H21N3O. The third-order valence-corrected chi connectivity index (χ3v) is 3.69. The van der Waals surface area contributed by atoms with Crippen LogP contribution in [0.4, 0.5) is 5.82 Å². The summed E-state index contributed by atoms with van der Waals surface area (Å²) >= 11 is 0. The zero-order chi connectivity index (χ0) is 13.1. The van der Waals surface area contributed by atoms with Gasteiger partial charge >= 0.3 is 0 Å². The number of hydrogen-bond acceptors (Lipinski definition) is 4. The molecule has 0 radical (unpaired) electrons. The van der Waals surface area contributed by atoms with Gasteiger partial charge in [0.25, 0.3) is 0 Å². The maximum Gasteiger partial charge on any atom is 0.151 e. The second-order valence-corrected chi connectivity index (χ2v) is 5.20. The van der Waals surface area contributed by atoms with E-state index in [0.29, 0.717) is 11.6 Å². The molecule has 1 unspecified atom stereocenters. The van der Waals surface area contributed by atoms with Crippen LogP contribution < -0.4 is 4.90 Å². The van der Waals surface area contributed by atoms with E-state index >= 15 is 0 Å². The second-order valence-electron chi connectivity index (χ2n) is 5.20. The molecule has 4 heteroatoms. The van der Waals surface area contributed by atoms with Crippen LogP contribution in [0.25, 0.3) is 0 Å². The van der Waals surface area contributed by atoms with Gasteiger partial charge in [0.05, 0.1) is 0 Å². The maximum atomic E-state index is 10.7. The lowest BCUT2D eigenvalue weighted by Gasteiger charge is -2.37. The minimum atomic E-state index is 0.511. The smallest absolute Gasteiger partial charge is 0.151 e. The van der Waals surface area contributed by atoms with E-state index in [1.165, 1.54) is 19.4 Å². The standard InChI is InChI=1S/C14H21N3O/c1-11-7-12(10-18)8-15-14(11)17(3)13-5-4-6-16(2)9-13/h7-8,10,13H,4-6,9H2,1-3H3. The van der Waals surface area contributed by atoms with Crippen molar-refractivity contribution in [1.82, 2.24) is 9.88 Å². The van der Waals surface area contributed by atoms with E-state index in [1.54, 1.807) is 6.20 Å². The number of aldehydes is 1. The van der Waals surface area contributed by atoms with Gasteiger partial charge in [-0.25, -0.2) is 4.98 Å². The highest BCUT2D eigenvalue weighted by Gasteiger charge is 2.22. The minimum absolute atomic E-state index is 0.511. The molecule has 1 aliphatic heterocycles. The molecule has 1 aliphatic rings. The average molecular weight is 247 g/mol. The number of anilines is 1. The van der Waals surface area contributed by atoms with E-state index in [4.69, 9.17) is 0 Å². The lowest BCUT2D eigenvalue weighted by atomic mass is 10.0. The minimum Gasteiger partial charge on any atom is -0.355 e. The van der Waals surface area contributed by atoms with Crippen LogP contribution in [-0.4, -0.2) is 49.4 Å². The normalized spacial score (nSPS) is 20.7. The summed E-state index contributed by atoms with van der Waals surface area (Å²) in [5.41, 5.74) is 1.71. The van der Waals surface area contributed by atoms with Crippen molar-refractivity contribution in [3.05, 3.63) is 23.4 Å². The first-order valence-corrected chi connectivity index (χ1v) is 6.45. The summed E-state index contributed by atoms with van der Waals surface area (Å²) in [5.74, 6) is 0.987. The quantitative estimate of drug-likeness (QED) is 0.762. The summed E-state index contributed by atoms with van der Waals surface area (Å²) in [7, 11) is 4.26. The number of carbonyl (C=O) groups is 1. The van der Waals surface area contributed by atoms with Crippen molar-refractivity contribution in [2.45, 2.75) is 25.8 Å². The van der Waals surface area contributed by atoms with E-state index in [9.17, 15) is 4.79 Å². The number of hydrogen-bond donors (Lipinski definition) is 0. The van der Waals surface area contributed by atoms with E-state index in [1.807, 2.05) is 13.0 Å². The largest absolute Gasteiger partial charge is 0.355 e. The molecule has 98 valence electrons. The number of aryl methyl sites for hydroxylation is 1. The van der Waals surface area contributed by atoms with Gasteiger partial charge in [-0.15, -0.1) is 0 Å². The molecule has 0 aliphatic carbocycles. The molecule has 0 amide bonds. The van der Waals surface area contributed by atoms with Gasteiger partial charge < -0.3 is 9.80 Å². The van der Waals surface area contributed by atoms with Crippen molar-refractivity contribution in [2.75, 3.05) is 32.1 Å². The first-order chi connectivity index (χ1) is 8.61. The van der Waals surface area contributed by atoms with Gasteiger partial charge in [-0.3, -0.25) is 4.79 Å². The zero-order valence-corrected chi connectivity index (χ0v) is 11.4. The number of nitrogens with zero attached hydrogens (tertiary/aromatic N) is 3. The lowest BCUT2D eigenvalue weighted by Crippen LogP contribution is -2.45. The fourth-order valence-corrected chi connectivity index (χ4v) is 2.65. The molecular weight excluding hydrogens is 226 g/mol. The molecule has 1 aromatic rings. The molecule has 0 spiro atoms. The molecule has 0 aromatic carbocycles. The van der Waals surface area contributed by atoms with E-state index in [2.05, 4.69) is 28.9 Å². The fourth-order valence-electron chi connectivity index (χ4n) is 2.65. The van der Waals surface area contributed by atoms with Crippen molar-refractivity contribution < 1.29 is 4.79 Å². The number of rotatable bonds is 3. The molecule has 1 atom stereocenters. The topological polar surface area (TPSA) is 36.4 Å². The number of carbonyl (C=O) groups excluding carboxylic acids is 1. The van der Waals surface area contributed by atoms with Gasteiger partial charge in [0.2, 0.25) is 0 Å². The van der Waals surface area contributed by atoms with Gasteiger partial charge in [0.1, 0.15) is 5.82 Å². The average Bonchev–Trinajstić information content (AvgIpc) is 2.37. The Morgan fingerprint density at radius 1 is 1.56 bits per heavy atom. The summed E-state index contributed by atoms with van der Waals surface area (Å²) in [6, 6.07) is 2.41. The van der Waals surface area contributed by atoms with Crippen LogP contribution in [0.5, 0.6) is 0 Å². The fraction of sp³-hybridized carbons (Fsp3) is 0.571. The highest BCUT2D eigenvalue weighted by Crippen LogP contribution is 2.22. The molecule has 1 fully saturated rings. The van der Waals surface area contributed by atoms with Gasteiger partial charge in [0, 0.05) is 31.4 Å². The molecule has 1 aromatic heterocycles. The number of likely N-dealkylation sites (N-methyl/N-ethyl adjacent to an activating group) is 2. The Bertz CT molecular complexity index is 433. The van der Waals surface area contributed by atoms with Crippen LogP contribution in [0.15, 0.2) is 12.3 Å². The number of piperidine rings is 1. The highest BCUT2D eigenvalue weighted by molar-refractivity contribution is 5.75. The lowest BCUT2D eigenvalue weighted by molar-refractivity contribution is 0.112. The summed E-state index contributed by atoms with van der Waals surface area (Å²) in [4.78, 5) is 19.8.